The van der Waals surface area contributed by atoms with E-state index < -0.39 is 12.1 Å². The summed E-state index contributed by atoms with van der Waals surface area (Å²) in [6.45, 7) is 9.59. The second-order valence-electron chi connectivity index (χ2n) is 5.21. The van der Waals surface area contributed by atoms with Crippen LogP contribution >= 0.6 is 48.9 Å². The lowest BCUT2D eigenvalue weighted by Crippen LogP contribution is -2.54. The summed E-state index contributed by atoms with van der Waals surface area (Å²) < 4.78 is 23.7. The van der Waals surface area contributed by atoms with Crippen molar-refractivity contribution in [2.24, 2.45) is 0 Å². The van der Waals surface area contributed by atoms with E-state index in [1.807, 2.05) is 34.6 Å². The molecule has 0 aliphatic rings. The number of thiocarbonyl (C=S) groups is 4. The molecule has 0 saturated carbocycles. The first-order valence-electron chi connectivity index (χ1n) is 8.63. The van der Waals surface area contributed by atoms with Gasteiger partial charge in [-0.15, -0.1) is 0 Å². The number of rotatable bonds is 11. The third-order valence-electron chi connectivity index (χ3n) is 3.14. The summed E-state index contributed by atoms with van der Waals surface area (Å²) in [5.74, 6) is -1.66. The van der Waals surface area contributed by atoms with E-state index in [4.69, 9.17) is 67.8 Å². The van der Waals surface area contributed by atoms with E-state index in [0.29, 0.717) is 52.3 Å². The van der Waals surface area contributed by atoms with Crippen molar-refractivity contribution in [3.8, 4) is 0 Å². The predicted octanol–water partition coefficient (Wildman–Crippen LogP) is 5.82. The molecule has 0 radical (unpaired) electrons. The molecule has 0 heterocycles. The average Bonchev–Trinajstić information content (AvgIpc) is 2.60. The van der Waals surface area contributed by atoms with Gasteiger partial charge in [-0.05, 0) is 55.3 Å². The Hall–Kier alpha value is -0.440. The molecule has 25 heavy (non-hydrogen) atoms. The molecule has 4 nitrogen and oxygen atoms in total. The molecule has 144 valence electrons. The molecule has 0 bridgehead atoms. The maximum Gasteiger partial charge on any atom is 0.458 e. The summed E-state index contributed by atoms with van der Waals surface area (Å²) >= 11 is 21.1. The Balaban J connectivity index is 5.99. The van der Waals surface area contributed by atoms with Gasteiger partial charge in [0.2, 0.25) is 6.10 Å². The fraction of sp³-hybridized carbons (Fsp3) is 0.765. The molecule has 0 aromatic rings. The fourth-order valence-corrected chi connectivity index (χ4v) is 2.23. The lowest BCUT2D eigenvalue weighted by molar-refractivity contribution is -0.320. The average molecular weight is 425 g/mol. The Labute approximate surface area is 172 Å². The van der Waals surface area contributed by atoms with Gasteiger partial charge in [0, 0.05) is 25.7 Å². The Bertz CT molecular complexity index is 434. The summed E-state index contributed by atoms with van der Waals surface area (Å²) in [6.07, 6.45) is 2.84. The van der Waals surface area contributed by atoms with Gasteiger partial charge in [0.05, 0.1) is 0 Å². The lowest BCUT2D eigenvalue weighted by atomic mass is 10.1. The van der Waals surface area contributed by atoms with Crippen molar-refractivity contribution in [3.63, 3.8) is 0 Å². The van der Waals surface area contributed by atoms with E-state index >= 15 is 0 Å². The topological polar surface area (TPSA) is 36.9 Å². The van der Waals surface area contributed by atoms with Crippen LogP contribution in [0.3, 0.4) is 0 Å². The summed E-state index contributed by atoms with van der Waals surface area (Å²) in [7, 11) is 0. The molecule has 1 unspecified atom stereocenters. The molecule has 0 aliphatic carbocycles. The van der Waals surface area contributed by atoms with Crippen LogP contribution in [0, 0.1) is 0 Å². The van der Waals surface area contributed by atoms with E-state index in [1.165, 1.54) is 0 Å². The van der Waals surface area contributed by atoms with Gasteiger partial charge in [-0.1, -0.05) is 41.0 Å². The van der Waals surface area contributed by atoms with Crippen LogP contribution in [0.5, 0.6) is 0 Å². The standard InChI is InChI=1S/C17H28O4S4/c1-6-11-12(18-13(22)7-2)17(19-14(23)8-3,20-15(24)9-4)21-16(25)10-5/h12H,6-11H2,1-5H3. The molecule has 0 spiro atoms. The van der Waals surface area contributed by atoms with Crippen molar-refractivity contribution in [2.45, 2.75) is 85.2 Å². The fourth-order valence-electron chi connectivity index (χ4n) is 1.76. The van der Waals surface area contributed by atoms with Crippen molar-refractivity contribution >= 4 is 69.1 Å². The first kappa shape index (κ1) is 24.6. The molecule has 0 amide bonds. The highest BCUT2D eigenvalue weighted by Crippen LogP contribution is 2.30. The van der Waals surface area contributed by atoms with Gasteiger partial charge in [0.25, 0.3) is 0 Å². The van der Waals surface area contributed by atoms with Crippen LogP contribution < -0.4 is 0 Å². The molecular weight excluding hydrogens is 396 g/mol. The molecule has 0 aromatic carbocycles. The molecule has 0 N–H and O–H groups in total. The number of ether oxygens (including phenoxy) is 4. The normalized spacial score (nSPS) is 12.0. The van der Waals surface area contributed by atoms with Crippen LogP contribution in [-0.4, -0.2) is 32.3 Å². The molecule has 0 rings (SSSR count). The predicted molar refractivity (Wildman–Crippen MR) is 117 cm³/mol. The quantitative estimate of drug-likeness (QED) is 0.303. The minimum atomic E-state index is -1.66. The monoisotopic (exact) mass is 424 g/mol. The summed E-state index contributed by atoms with van der Waals surface area (Å²) in [5, 5.41) is 1.41. The smallest absolute Gasteiger partial charge is 0.458 e. The summed E-state index contributed by atoms with van der Waals surface area (Å²) in [6, 6.07) is 0. The van der Waals surface area contributed by atoms with Gasteiger partial charge in [0.15, 0.2) is 20.2 Å². The van der Waals surface area contributed by atoms with Crippen molar-refractivity contribution in [1.29, 1.82) is 0 Å². The zero-order valence-electron chi connectivity index (χ0n) is 15.6. The van der Waals surface area contributed by atoms with Crippen LogP contribution in [0.1, 0.15) is 73.1 Å². The Kier molecular flexibility index (Phi) is 12.6. The van der Waals surface area contributed by atoms with Gasteiger partial charge in [-0.3, -0.25) is 0 Å². The van der Waals surface area contributed by atoms with Crippen LogP contribution in [0.15, 0.2) is 0 Å². The highest BCUT2D eigenvalue weighted by molar-refractivity contribution is 7.80. The molecule has 8 heteroatoms. The highest BCUT2D eigenvalue weighted by Gasteiger charge is 2.50. The molecular formula is C17H28O4S4. The number of hydrogen-bond donors (Lipinski definition) is 0. The van der Waals surface area contributed by atoms with Crippen molar-refractivity contribution in [3.05, 3.63) is 0 Å². The third-order valence-corrected chi connectivity index (χ3v) is 4.64. The zero-order valence-corrected chi connectivity index (χ0v) is 18.9. The van der Waals surface area contributed by atoms with Crippen LogP contribution in [-0.2, 0) is 18.9 Å². The van der Waals surface area contributed by atoms with Gasteiger partial charge < -0.3 is 18.9 Å². The summed E-state index contributed by atoms with van der Waals surface area (Å²) in [4.78, 5) is 0. The van der Waals surface area contributed by atoms with E-state index in [9.17, 15) is 0 Å². The number of hydrogen-bond acceptors (Lipinski definition) is 8. The zero-order chi connectivity index (χ0) is 19.5. The van der Waals surface area contributed by atoms with Gasteiger partial charge in [0.1, 0.15) is 0 Å². The minimum Gasteiger partial charge on any atom is -0.471 e. The Morgan fingerprint density at radius 3 is 1.32 bits per heavy atom. The van der Waals surface area contributed by atoms with Crippen LogP contribution in [0.4, 0.5) is 0 Å². The maximum absolute atomic E-state index is 5.92. The molecule has 0 aromatic heterocycles. The molecule has 0 fully saturated rings. The van der Waals surface area contributed by atoms with Gasteiger partial charge in [-0.2, -0.15) is 0 Å². The van der Waals surface area contributed by atoms with E-state index in [0.717, 1.165) is 6.42 Å². The lowest BCUT2D eigenvalue weighted by Gasteiger charge is -2.39. The third kappa shape index (κ3) is 8.66. The molecule has 1 atom stereocenters. The SMILES string of the molecule is CCCC(OC(=S)CC)C(OC(=S)CC)(OC(=S)CC)OC(=S)CC. The largest absolute Gasteiger partial charge is 0.471 e. The van der Waals surface area contributed by atoms with Gasteiger partial charge in [-0.25, -0.2) is 0 Å². The molecule has 0 saturated heterocycles. The first-order valence-corrected chi connectivity index (χ1v) is 10.3. The second-order valence-corrected chi connectivity index (χ2v) is 7.03. The van der Waals surface area contributed by atoms with Crippen molar-refractivity contribution in [1.82, 2.24) is 0 Å². The molecule has 0 aliphatic heterocycles. The van der Waals surface area contributed by atoms with Crippen molar-refractivity contribution in [2.75, 3.05) is 0 Å². The van der Waals surface area contributed by atoms with E-state index in [-0.39, 0.29) is 0 Å². The minimum absolute atomic E-state index is 0.324. The summed E-state index contributed by atoms with van der Waals surface area (Å²) in [5.41, 5.74) is 0. The van der Waals surface area contributed by atoms with Crippen LogP contribution in [0.25, 0.3) is 0 Å². The second kappa shape index (κ2) is 12.8. The van der Waals surface area contributed by atoms with Crippen LogP contribution in [0.2, 0.25) is 0 Å². The van der Waals surface area contributed by atoms with E-state index in [2.05, 4.69) is 0 Å². The van der Waals surface area contributed by atoms with Crippen molar-refractivity contribution < 1.29 is 18.9 Å². The van der Waals surface area contributed by atoms with E-state index in [1.54, 1.807) is 0 Å². The van der Waals surface area contributed by atoms with Gasteiger partial charge >= 0.3 is 5.97 Å². The Morgan fingerprint density at radius 1 is 0.680 bits per heavy atom. The first-order chi connectivity index (χ1) is 11.8. The maximum atomic E-state index is 5.92. The Morgan fingerprint density at radius 2 is 1.04 bits per heavy atom. The highest BCUT2D eigenvalue weighted by atomic mass is 32.1.